The van der Waals surface area contributed by atoms with Gasteiger partial charge in [-0.15, -0.1) is 9.78 Å². The molecule has 0 N–H and O–H groups in total. The molecule has 0 saturated carbocycles. The minimum absolute atomic E-state index is 0.327. The maximum atomic E-state index is 11.8. The van der Waals surface area contributed by atoms with E-state index in [4.69, 9.17) is 19.6 Å². The Bertz CT molecular complexity index is 369. The summed E-state index contributed by atoms with van der Waals surface area (Å²) in [6.45, 7) is 14.2. The molecule has 6 heteroatoms. The second-order valence-electron chi connectivity index (χ2n) is 7.41. The molecule has 22 heavy (non-hydrogen) atoms. The Morgan fingerprint density at radius 1 is 0.909 bits per heavy atom. The molecule has 0 aromatic rings. The first-order valence-electron chi connectivity index (χ1n) is 7.67. The Hall–Kier alpha value is -1.14. The van der Waals surface area contributed by atoms with Gasteiger partial charge in [-0.1, -0.05) is 27.7 Å². The van der Waals surface area contributed by atoms with E-state index >= 15 is 0 Å². The number of rotatable bonds is 8. The van der Waals surface area contributed by atoms with E-state index in [2.05, 4.69) is 0 Å². The highest BCUT2D eigenvalue weighted by atomic mass is 17.3. The second kappa shape index (κ2) is 8.48. The zero-order valence-electron chi connectivity index (χ0n) is 15.0. The molecular formula is C16H30O6. The summed E-state index contributed by atoms with van der Waals surface area (Å²) in [6, 6.07) is 0. The van der Waals surface area contributed by atoms with Gasteiger partial charge in [-0.05, 0) is 40.0 Å². The molecule has 0 aliphatic carbocycles. The Kier molecular flexibility index (Phi) is 8.04. The third kappa shape index (κ3) is 8.34. The predicted molar refractivity (Wildman–Crippen MR) is 81.1 cm³/mol. The predicted octanol–water partition coefficient (Wildman–Crippen LogP) is 3.79. The highest BCUT2D eigenvalue weighted by molar-refractivity contribution is 5.74. The molecule has 1 unspecified atom stereocenters. The Labute approximate surface area is 133 Å². The first kappa shape index (κ1) is 20.9. The van der Waals surface area contributed by atoms with Gasteiger partial charge in [-0.3, -0.25) is 9.78 Å². The van der Waals surface area contributed by atoms with Gasteiger partial charge < -0.3 is 0 Å². The number of hydrogen-bond acceptors (Lipinski definition) is 6. The average molecular weight is 318 g/mol. The highest BCUT2D eigenvalue weighted by Gasteiger charge is 2.35. The van der Waals surface area contributed by atoms with E-state index in [-0.39, 0.29) is 5.92 Å². The minimum atomic E-state index is -1.34. The Morgan fingerprint density at radius 3 is 1.82 bits per heavy atom. The van der Waals surface area contributed by atoms with Gasteiger partial charge in [-0.25, -0.2) is 9.59 Å². The van der Waals surface area contributed by atoms with Crippen LogP contribution in [0.3, 0.4) is 0 Å². The van der Waals surface area contributed by atoms with Crippen molar-refractivity contribution in [2.24, 2.45) is 17.3 Å². The summed E-state index contributed by atoms with van der Waals surface area (Å²) < 4.78 is 0. The minimum Gasteiger partial charge on any atom is -0.295 e. The smallest absolute Gasteiger partial charge is 0.295 e. The van der Waals surface area contributed by atoms with Gasteiger partial charge in [0.2, 0.25) is 0 Å². The fourth-order valence-electron chi connectivity index (χ4n) is 1.12. The van der Waals surface area contributed by atoms with Crippen molar-refractivity contribution in [1.82, 2.24) is 0 Å². The van der Waals surface area contributed by atoms with Crippen LogP contribution >= 0.6 is 0 Å². The lowest BCUT2D eigenvalue weighted by Gasteiger charge is -2.27. The van der Waals surface area contributed by atoms with Crippen LogP contribution in [0.4, 0.5) is 0 Å². The van der Waals surface area contributed by atoms with Gasteiger partial charge in [0, 0.05) is 6.42 Å². The molecule has 0 saturated heterocycles. The van der Waals surface area contributed by atoms with Crippen LogP contribution in [0.2, 0.25) is 0 Å². The highest BCUT2D eigenvalue weighted by Crippen LogP contribution is 2.25. The molecule has 0 heterocycles. The second-order valence-corrected chi connectivity index (χ2v) is 7.41. The molecule has 0 aliphatic rings. The largest absolute Gasteiger partial charge is 0.347 e. The van der Waals surface area contributed by atoms with Crippen molar-refractivity contribution in [2.75, 3.05) is 0 Å². The number of carbonyl (C=O) groups is 2. The third-order valence-electron chi connectivity index (χ3n) is 2.85. The summed E-state index contributed by atoms with van der Waals surface area (Å²) in [5.41, 5.74) is -0.701. The van der Waals surface area contributed by atoms with Gasteiger partial charge in [-0.2, -0.15) is 0 Å². The molecule has 0 fully saturated rings. The van der Waals surface area contributed by atoms with Crippen LogP contribution in [-0.4, -0.2) is 17.7 Å². The van der Waals surface area contributed by atoms with Crippen molar-refractivity contribution in [3.05, 3.63) is 0 Å². The van der Waals surface area contributed by atoms with E-state index in [1.807, 2.05) is 13.8 Å². The van der Waals surface area contributed by atoms with E-state index in [0.29, 0.717) is 12.3 Å². The normalized spacial score (nSPS) is 14.8. The molecule has 0 spiro atoms. The van der Waals surface area contributed by atoms with Crippen molar-refractivity contribution >= 4 is 11.9 Å². The van der Waals surface area contributed by atoms with E-state index < -0.39 is 23.1 Å². The van der Waals surface area contributed by atoms with Crippen molar-refractivity contribution in [3.8, 4) is 0 Å². The lowest BCUT2D eigenvalue weighted by molar-refractivity contribution is -0.479. The summed E-state index contributed by atoms with van der Waals surface area (Å²) in [6.07, 6.45) is 1.16. The van der Waals surface area contributed by atoms with Crippen molar-refractivity contribution < 1.29 is 29.1 Å². The average Bonchev–Trinajstić information content (AvgIpc) is 2.39. The van der Waals surface area contributed by atoms with E-state index in [0.717, 1.165) is 6.42 Å². The third-order valence-corrected chi connectivity index (χ3v) is 2.85. The zero-order chi connectivity index (χ0) is 17.6. The molecule has 1 atom stereocenters. The molecular weight excluding hydrogens is 288 g/mol. The summed E-state index contributed by atoms with van der Waals surface area (Å²) in [5, 5.41) is 0. The monoisotopic (exact) mass is 318 g/mol. The van der Waals surface area contributed by atoms with Crippen molar-refractivity contribution in [3.63, 3.8) is 0 Å². The van der Waals surface area contributed by atoms with Crippen molar-refractivity contribution in [2.45, 2.75) is 74.0 Å². The first-order valence-corrected chi connectivity index (χ1v) is 7.67. The van der Waals surface area contributed by atoms with E-state index in [1.165, 1.54) is 0 Å². The van der Waals surface area contributed by atoms with Gasteiger partial charge in [0.15, 0.2) is 0 Å². The molecule has 0 rings (SSSR count). The molecule has 0 bridgehead atoms. The summed E-state index contributed by atoms with van der Waals surface area (Å²) >= 11 is 0. The maximum absolute atomic E-state index is 11.8. The van der Waals surface area contributed by atoms with Gasteiger partial charge in [0.25, 0.3) is 5.79 Å². The van der Waals surface area contributed by atoms with Crippen LogP contribution in [0, 0.1) is 17.3 Å². The Balaban J connectivity index is 4.71. The van der Waals surface area contributed by atoms with Gasteiger partial charge in [0.05, 0.1) is 11.3 Å². The summed E-state index contributed by atoms with van der Waals surface area (Å²) in [5.74, 6) is -2.31. The van der Waals surface area contributed by atoms with E-state index in [1.54, 1.807) is 41.5 Å². The summed E-state index contributed by atoms with van der Waals surface area (Å²) in [4.78, 5) is 43.2. The van der Waals surface area contributed by atoms with Crippen LogP contribution in [0.25, 0.3) is 0 Å². The Morgan fingerprint density at radius 2 is 1.41 bits per heavy atom. The SMILES string of the molecule is CC(C)CCC(C)(OOC(=O)C(C)C)OOC(=O)C(C)(C)C. The lowest BCUT2D eigenvalue weighted by atomic mass is 9.98. The molecule has 0 aliphatic heterocycles. The molecule has 0 radical (unpaired) electrons. The van der Waals surface area contributed by atoms with Gasteiger partial charge >= 0.3 is 11.9 Å². The molecule has 0 aromatic carbocycles. The van der Waals surface area contributed by atoms with E-state index in [9.17, 15) is 9.59 Å². The fraction of sp³-hybridized carbons (Fsp3) is 0.875. The number of carbonyl (C=O) groups excluding carboxylic acids is 2. The lowest BCUT2D eigenvalue weighted by Crippen LogP contribution is -2.37. The molecule has 6 nitrogen and oxygen atoms in total. The molecule has 130 valence electrons. The van der Waals surface area contributed by atoms with Crippen LogP contribution in [0.1, 0.15) is 68.2 Å². The maximum Gasteiger partial charge on any atom is 0.347 e. The van der Waals surface area contributed by atoms with Crippen molar-refractivity contribution in [1.29, 1.82) is 0 Å². The summed E-state index contributed by atoms with van der Waals surface area (Å²) in [7, 11) is 0. The van der Waals surface area contributed by atoms with Crippen LogP contribution < -0.4 is 0 Å². The number of hydrogen-bond donors (Lipinski definition) is 0. The standard InChI is InChI=1S/C16H30O6/c1-11(2)9-10-16(8,21-19-13(17)12(3)4)22-20-14(18)15(5,6)7/h11-12H,9-10H2,1-8H3. The van der Waals surface area contributed by atoms with Crippen LogP contribution in [0.5, 0.6) is 0 Å². The topological polar surface area (TPSA) is 71.1 Å². The fourth-order valence-corrected chi connectivity index (χ4v) is 1.12. The van der Waals surface area contributed by atoms with Crippen LogP contribution in [0.15, 0.2) is 0 Å². The van der Waals surface area contributed by atoms with Gasteiger partial charge in [0.1, 0.15) is 0 Å². The molecule has 0 amide bonds. The molecule has 0 aromatic heterocycles. The van der Waals surface area contributed by atoms with Crippen LogP contribution in [-0.2, 0) is 29.1 Å². The quantitative estimate of drug-likeness (QED) is 0.385. The first-order chi connectivity index (χ1) is 9.87. The zero-order valence-corrected chi connectivity index (χ0v) is 15.0.